The number of halogens is 1. The Balaban J connectivity index is 1.78. The number of benzene rings is 2. The number of hydrogen-bond acceptors (Lipinski definition) is 8. The SMILES string of the molecule is CS(C)(=O)=Nc1cc(C#N)c2c(Nc3ccc(F)cc3O[C@H]3CCOC3)ncnc2c1. The van der Waals surface area contributed by atoms with Crippen LogP contribution in [0.1, 0.15) is 12.0 Å². The van der Waals surface area contributed by atoms with Crippen LogP contribution in [0.4, 0.5) is 21.6 Å². The lowest BCUT2D eigenvalue weighted by Gasteiger charge is -2.17. The second kappa shape index (κ2) is 8.45. The molecule has 2 heterocycles. The van der Waals surface area contributed by atoms with Crippen molar-refractivity contribution in [1.82, 2.24) is 9.97 Å². The second-order valence-electron chi connectivity index (χ2n) is 7.36. The van der Waals surface area contributed by atoms with E-state index in [4.69, 9.17) is 9.47 Å². The maximum atomic E-state index is 13.9. The summed E-state index contributed by atoms with van der Waals surface area (Å²) in [5.74, 6) is 0.253. The van der Waals surface area contributed by atoms with Crippen LogP contribution < -0.4 is 10.1 Å². The molecule has 0 unspecified atom stereocenters. The Bertz CT molecular complexity index is 1300. The Morgan fingerprint density at radius 2 is 2.16 bits per heavy atom. The number of nitrogens with zero attached hydrogens (tertiary/aromatic N) is 4. The Kier molecular flexibility index (Phi) is 5.71. The van der Waals surface area contributed by atoms with Gasteiger partial charge in [-0.2, -0.15) is 9.62 Å². The molecule has 8 nitrogen and oxygen atoms in total. The standard InChI is InChI=1S/C21H20FN5O3S/c1-31(2,28)27-15-7-13(10-23)20-18(9-15)24-12-25-21(20)26-17-4-3-14(22)8-19(17)30-16-5-6-29-11-16/h3-4,7-9,12,16H,5-6,11H2,1-2H3,(H,24,25,26)/t16-/m0/s1. The smallest absolute Gasteiger partial charge is 0.146 e. The van der Waals surface area contributed by atoms with Gasteiger partial charge in [0.2, 0.25) is 0 Å². The Morgan fingerprint density at radius 1 is 1.32 bits per heavy atom. The van der Waals surface area contributed by atoms with Crippen LogP contribution in [-0.4, -0.2) is 46.0 Å². The lowest BCUT2D eigenvalue weighted by atomic mass is 10.1. The Morgan fingerprint density at radius 3 is 2.87 bits per heavy atom. The van der Waals surface area contributed by atoms with Crippen molar-refractivity contribution in [3.05, 3.63) is 48.0 Å². The molecular formula is C21H20FN5O3S. The van der Waals surface area contributed by atoms with E-state index in [0.29, 0.717) is 47.1 Å². The molecule has 1 fully saturated rings. The van der Waals surface area contributed by atoms with Crippen molar-refractivity contribution in [3.63, 3.8) is 0 Å². The zero-order valence-electron chi connectivity index (χ0n) is 17.0. The highest BCUT2D eigenvalue weighted by Crippen LogP contribution is 2.34. The number of aromatic nitrogens is 2. The molecule has 1 saturated heterocycles. The predicted octanol–water partition coefficient (Wildman–Crippen LogP) is 3.91. The number of anilines is 2. The van der Waals surface area contributed by atoms with Gasteiger partial charge in [-0.15, -0.1) is 0 Å². The molecule has 0 radical (unpaired) electrons. The van der Waals surface area contributed by atoms with E-state index in [0.717, 1.165) is 6.42 Å². The normalized spacial score (nSPS) is 16.1. The minimum absolute atomic E-state index is 0.165. The molecule has 1 aliphatic heterocycles. The Labute approximate surface area is 179 Å². The van der Waals surface area contributed by atoms with Crippen molar-refractivity contribution >= 4 is 37.8 Å². The summed E-state index contributed by atoms with van der Waals surface area (Å²) < 4.78 is 41.3. The van der Waals surface area contributed by atoms with E-state index >= 15 is 0 Å². The summed E-state index contributed by atoms with van der Waals surface area (Å²) >= 11 is 0. The van der Waals surface area contributed by atoms with Gasteiger partial charge in [-0.3, -0.25) is 0 Å². The number of fused-ring (bicyclic) bond motifs is 1. The van der Waals surface area contributed by atoms with E-state index in [1.165, 1.54) is 31.0 Å². The van der Waals surface area contributed by atoms with Crippen LogP contribution in [0.15, 0.2) is 41.0 Å². The van der Waals surface area contributed by atoms with Crippen LogP contribution in [0.5, 0.6) is 5.75 Å². The summed E-state index contributed by atoms with van der Waals surface area (Å²) in [4.78, 5) is 8.52. The van der Waals surface area contributed by atoms with E-state index in [9.17, 15) is 13.9 Å². The fraction of sp³-hybridized carbons (Fsp3) is 0.286. The molecule has 1 N–H and O–H groups in total. The first kappa shape index (κ1) is 21.0. The molecule has 10 heteroatoms. The van der Waals surface area contributed by atoms with Gasteiger partial charge in [-0.1, -0.05) is 0 Å². The van der Waals surface area contributed by atoms with E-state index in [-0.39, 0.29) is 11.7 Å². The lowest BCUT2D eigenvalue weighted by molar-refractivity contribution is 0.141. The highest BCUT2D eigenvalue weighted by molar-refractivity contribution is 7.92. The number of nitriles is 1. The molecule has 1 atom stereocenters. The quantitative estimate of drug-likeness (QED) is 0.639. The molecular weight excluding hydrogens is 421 g/mol. The van der Waals surface area contributed by atoms with E-state index in [1.54, 1.807) is 18.2 Å². The summed E-state index contributed by atoms with van der Waals surface area (Å²) in [6.45, 7) is 1.04. The third-order valence-electron chi connectivity index (χ3n) is 4.55. The molecule has 31 heavy (non-hydrogen) atoms. The third kappa shape index (κ3) is 4.90. The first-order chi connectivity index (χ1) is 14.8. The van der Waals surface area contributed by atoms with Crippen LogP contribution in [0.2, 0.25) is 0 Å². The van der Waals surface area contributed by atoms with Crippen LogP contribution in [-0.2, 0) is 14.5 Å². The first-order valence-corrected chi connectivity index (χ1v) is 11.8. The van der Waals surface area contributed by atoms with Crippen LogP contribution in [0, 0.1) is 17.1 Å². The molecule has 0 amide bonds. The van der Waals surface area contributed by atoms with Gasteiger partial charge >= 0.3 is 0 Å². The Hall–Kier alpha value is -3.29. The second-order valence-corrected chi connectivity index (χ2v) is 9.91. The van der Waals surface area contributed by atoms with E-state index < -0.39 is 15.5 Å². The van der Waals surface area contributed by atoms with Crippen molar-refractivity contribution < 1.29 is 18.1 Å². The fourth-order valence-electron chi connectivity index (χ4n) is 3.28. The minimum Gasteiger partial charge on any atom is -0.486 e. The summed E-state index contributed by atoms with van der Waals surface area (Å²) in [6.07, 6.45) is 4.93. The number of ether oxygens (including phenoxy) is 2. The summed E-state index contributed by atoms with van der Waals surface area (Å²) in [5, 5.41) is 13.3. The zero-order chi connectivity index (χ0) is 22.0. The van der Waals surface area contributed by atoms with Crippen molar-refractivity contribution in [2.75, 3.05) is 31.0 Å². The molecule has 0 aliphatic carbocycles. The molecule has 1 aromatic heterocycles. The van der Waals surface area contributed by atoms with Crippen molar-refractivity contribution in [1.29, 1.82) is 5.26 Å². The topological polar surface area (TPSA) is 109 Å². The van der Waals surface area contributed by atoms with E-state index in [2.05, 4.69) is 25.7 Å². The molecule has 0 spiro atoms. The van der Waals surface area contributed by atoms with Crippen molar-refractivity contribution in [2.24, 2.45) is 4.36 Å². The lowest BCUT2D eigenvalue weighted by Crippen LogP contribution is -2.16. The highest BCUT2D eigenvalue weighted by Gasteiger charge is 2.20. The van der Waals surface area contributed by atoms with Crippen molar-refractivity contribution in [2.45, 2.75) is 12.5 Å². The number of hydrogen-bond donors (Lipinski definition) is 1. The van der Waals surface area contributed by atoms with Crippen LogP contribution >= 0.6 is 0 Å². The summed E-state index contributed by atoms with van der Waals surface area (Å²) in [6, 6.07) is 9.47. The molecule has 0 saturated carbocycles. The molecule has 2 aromatic carbocycles. The first-order valence-electron chi connectivity index (χ1n) is 9.49. The fourth-order valence-corrected chi connectivity index (χ4v) is 3.89. The van der Waals surface area contributed by atoms with Gasteiger partial charge in [0, 0.05) is 34.7 Å². The predicted molar refractivity (Wildman–Crippen MR) is 116 cm³/mol. The minimum atomic E-state index is -2.41. The maximum absolute atomic E-state index is 13.9. The number of rotatable bonds is 5. The molecule has 3 aromatic rings. The van der Waals surface area contributed by atoms with Gasteiger partial charge in [-0.05, 0) is 24.3 Å². The van der Waals surface area contributed by atoms with Crippen molar-refractivity contribution in [3.8, 4) is 11.8 Å². The molecule has 4 rings (SSSR count). The largest absolute Gasteiger partial charge is 0.486 e. The summed E-state index contributed by atoms with van der Waals surface area (Å²) in [7, 11) is -2.41. The van der Waals surface area contributed by atoms with Gasteiger partial charge < -0.3 is 14.8 Å². The molecule has 1 aliphatic rings. The zero-order valence-corrected chi connectivity index (χ0v) is 17.8. The number of nitrogens with one attached hydrogen (secondary N) is 1. The monoisotopic (exact) mass is 441 g/mol. The molecule has 160 valence electrons. The van der Waals surface area contributed by atoms with Gasteiger partial charge in [0.05, 0.1) is 41.1 Å². The van der Waals surface area contributed by atoms with E-state index in [1.807, 2.05) is 0 Å². The van der Waals surface area contributed by atoms with Gasteiger partial charge in [0.1, 0.15) is 35.9 Å². The van der Waals surface area contributed by atoms with Gasteiger partial charge in [0.25, 0.3) is 0 Å². The average Bonchev–Trinajstić information content (AvgIpc) is 3.21. The highest BCUT2D eigenvalue weighted by atomic mass is 32.2. The van der Waals surface area contributed by atoms with Gasteiger partial charge in [-0.25, -0.2) is 18.6 Å². The van der Waals surface area contributed by atoms with Crippen LogP contribution in [0.25, 0.3) is 10.9 Å². The average molecular weight is 441 g/mol. The van der Waals surface area contributed by atoms with Gasteiger partial charge in [0.15, 0.2) is 0 Å². The summed E-state index contributed by atoms with van der Waals surface area (Å²) in [5.41, 5.74) is 1.64. The maximum Gasteiger partial charge on any atom is 0.146 e. The third-order valence-corrected chi connectivity index (χ3v) is 5.20. The molecule has 0 bridgehead atoms. The van der Waals surface area contributed by atoms with Crippen LogP contribution in [0.3, 0.4) is 0 Å².